The summed E-state index contributed by atoms with van der Waals surface area (Å²) in [7, 11) is 0. The van der Waals surface area contributed by atoms with E-state index in [2.05, 4.69) is 16.0 Å². The molecular formula is C26H34N4O5. The summed E-state index contributed by atoms with van der Waals surface area (Å²) < 4.78 is 0. The summed E-state index contributed by atoms with van der Waals surface area (Å²) in [5.41, 5.74) is 7.83. The van der Waals surface area contributed by atoms with Crippen molar-refractivity contribution < 1.29 is 24.3 Å². The lowest BCUT2D eigenvalue weighted by Crippen LogP contribution is -2.57. The maximum absolute atomic E-state index is 13.2. The lowest BCUT2D eigenvalue weighted by Gasteiger charge is -2.25. The number of rotatable bonds is 13. The summed E-state index contributed by atoms with van der Waals surface area (Å²) in [4.78, 5) is 49.5. The van der Waals surface area contributed by atoms with E-state index < -0.39 is 48.4 Å². The maximum atomic E-state index is 13.2. The van der Waals surface area contributed by atoms with E-state index in [-0.39, 0.29) is 12.3 Å². The predicted octanol–water partition coefficient (Wildman–Crippen LogP) is 1.02. The summed E-state index contributed by atoms with van der Waals surface area (Å²) in [5, 5.41) is 16.6. The number of carbonyl (C=O) groups is 4. The molecule has 0 saturated carbocycles. The van der Waals surface area contributed by atoms with E-state index in [0.29, 0.717) is 12.8 Å². The molecule has 9 nitrogen and oxygen atoms in total. The van der Waals surface area contributed by atoms with Gasteiger partial charge in [0.15, 0.2) is 0 Å². The van der Waals surface area contributed by atoms with Crippen LogP contribution in [0.3, 0.4) is 0 Å². The van der Waals surface area contributed by atoms with Gasteiger partial charge in [0.1, 0.15) is 18.6 Å². The molecule has 0 aliphatic carbocycles. The van der Waals surface area contributed by atoms with Gasteiger partial charge in [0.05, 0.1) is 6.04 Å². The van der Waals surface area contributed by atoms with Crippen LogP contribution in [-0.4, -0.2) is 53.5 Å². The third kappa shape index (κ3) is 9.97. The van der Waals surface area contributed by atoms with Gasteiger partial charge in [-0.1, -0.05) is 74.5 Å². The van der Waals surface area contributed by atoms with Crippen molar-refractivity contribution in [3.05, 3.63) is 71.8 Å². The first kappa shape index (κ1) is 27.5. The van der Waals surface area contributed by atoms with Gasteiger partial charge in [-0.25, -0.2) is 0 Å². The quantitative estimate of drug-likeness (QED) is 0.288. The van der Waals surface area contributed by atoms with Crippen LogP contribution in [0.5, 0.6) is 0 Å². The second-order valence-electron chi connectivity index (χ2n) is 8.85. The molecule has 2 aromatic carbocycles. The van der Waals surface area contributed by atoms with Gasteiger partial charge in [-0.3, -0.25) is 19.2 Å². The fourth-order valence-electron chi connectivity index (χ4n) is 3.56. The van der Waals surface area contributed by atoms with Crippen molar-refractivity contribution >= 4 is 23.7 Å². The zero-order chi connectivity index (χ0) is 25.8. The minimum atomic E-state index is -1.19. The van der Waals surface area contributed by atoms with Gasteiger partial charge in [0.2, 0.25) is 17.7 Å². The predicted molar refractivity (Wildman–Crippen MR) is 132 cm³/mol. The van der Waals surface area contributed by atoms with E-state index in [1.807, 2.05) is 74.5 Å². The SMILES string of the molecule is CC(C)CC(NC(=O)C(Cc1ccccc1)NC(=O)C(N)Cc1ccccc1)C(=O)NCC(=O)O. The summed E-state index contributed by atoms with van der Waals surface area (Å²) >= 11 is 0. The van der Waals surface area contributed by atoms with Gasteiger partial charge in [-0.2, -0.15) is 0 Å². The summed E-state index contributed by atoms with van der Waals surface area (Å²) in [5.74, 6) is -2.77. The molecule has 3 amide bonds. The molecule has 0 bridgehead atoms. The molecule has 0 radical (unpaired) electrons. The van der Waals surface area contributed by atoms with Crippen LogP contribution in [0.1, 0.15) is 31.4 Å². The Kier molecular flexibility index (Phi) is 10.9. The first-order chi connectivity index (χ1) is 16.7. The van der Waals surface area contributed by atoms with Gasteiger partial charge < -0.3 is 26.8 Å². The van der Waals surface area contributed by atoms with Gasteiger partial charge in [0, 0.05) is 6.42 Å². The molecule has 188 valence electrons. The zero-order valence-electron chi connectivity index (χ0n) is 20.1. The largest absolute Gasteiger partial charge is 0.480 e. The van der Waals surface area contributed by atoms with E-state index in [1.165, 1.54) is 0 Å². The fourth-order valence-corrected chi connectivity index (χ4v) is 3.56. The average Bonchev–Trinajstić information content (AvgIpc) is 2.82. The van der Waals surface area contributed by atoms with Gasteiger partial charge in [0.25, 0.3) is 0 Å². The minimum absolute atomic E-state index is 0.0531. The number of carboxylic acids is 1. The number of amides is 3. The lowest BCUT2D eigenvalue weighted by molar-refractivity contribution is -0.138. The van der Waals surface area contributed by atoms with Crippen molar-refractivity contribution in [2.45, 2.75) is 51.2 Å². The molecule has 3 unspecified atom stereocenters. The van der Waals surface area contributed by atoms with Crippen LogP contribution in [0.2, 0.25) is 0 Å². The van der Waals surface area contributed by atoms with Crippen LogP contribution in [0, 0.1) is 5.92 Å². The van der Waals surface area contributed by atoms with Crippen LogP contribution in [0.4, 0.5) is 0 Å². The fraction of sp³-hybridized carbons (Fsp3) is 0.385. The molecule has 0 aliphatic heterocycles. The number of hydrogen-bond donors (Lipinski definition) is 5. The topological polar surface area (TPSA) is 151 Å². The molecule has 35 heavy (non-hydrogen) atoms. The van der Waals surface area contributed by atoms with E-state index in [4.69, 9.17) is 10.8 Å². The number of nitrogens with one attached hydrogen (secondary N) is 3. The minimum Gasteiger partial charge on any atom is -0.480 e. The third-order valence-corrected chi connectivity index (χ3v) is 5.30. The van der Waals surface area contributed by atoms with Crippen LogP contribution in [0.15, 0.2) is 60.7 Å². The summed E-state index contributed by atoms with van der Waals surface area (Å²) in [6, 6.07) is 15.7. The molecule has 3 atom stereocenters. The second-order valence-corrected chi connectivity index (χ2v) is 8.85. The Morgan fingerprint density at radius 2 is 1.29 bits per heavy atom. The molecule has 0 fully saturated rings. The van der Waals surface area contributed by atoms with Crippen molar-refractivity contribution in [1.29, 1.82) is 0 Å². The number of benzene rings is 2. The number of hydrogen-bond acceptors (Lipinski definition) is 5. The number of nitrogens with two attached hydrogens (primary N) is 1. The Labute approximate surface area is 205 Å². The van der Waals surface area contributed by atoms with E-state index >= 15 is 0 Å². The first-order valence-electron chi connectivity index (χ1n) is 11.6. The lowest BCUT2D eigenvalue weighted by atomic mass is 10.0. The van der Waals surface area contributed by atoms with Crippen molar-refractivity contribution in [1.82, 2.24) is 16.0 Å². The molecular weight excluding hydrogens is 448 g/mol. The van der Waals surface area contributed by atoms with Crippen LogP contribution in [0.25, 0.3) is 0 Å². The van der Waals surface area contributed by atoms with Gasteiger partial charge in [-0.15, -0.1) is 0 Å². The number of carboxylic acid groups (broad SMARTS) is 1. The van der Waals surface area contributed by atoms with Crippen molar-refractivity contribution in [3.8, 4) is 0 Å². The van der Waals surface area contributed by atoms with Gasteiger partial charge in [-0.05, 0) is 29.9 Å². The average molecular weight is 483 g/mol. The summed E-state index contributed by atoms with van der Waals surface area (Å²) in [6.45, 7) is 3.22. The highest BCUT2D eigenvalue weighted by atomic mass is 16.4. The first-order valence-corrected chi connectivity index (χ1v) is 11.6. The molecule has 0 aromatic heterocycles. The highest BCUT2D eigenvalue weighted by molar-refractivity contribution is 5.93. The molecule has 0 saturated heterocycles. The van der Waals surface area contributed by atoms with Crippen LogP contribution >= 0.6 is 0 Å². The molecule has 0 heterocycles. The Bertz CT molecular complexity index is 982. The zero-order valence-corrected chi connectivity index (χ0v) is 20.1. The van der Waals surface area contributed by atoms with E-state index in [9.17, 15) is 19.2 Å². The normalized spacial score (nSPS) is 13.4. The standard InChI is InChI=1S/C26H34N4O5/c1-17(2)13-21(25(34)28-16-23(31)32)30-26(35)22(15-19-11-7-4-8-12-19)29-24(33)20(27)14-18-9-5-3-6-10-18/h3-12,17,20-22H,13-16,27H2,1-2H3,(H,28,34)(H,29,33)(H,30,35)(H,31,32). The van der Waals surface area contributed by atoms with Gasteiger partial charge >= 0.3 is 5.97 Å². The maximum Gasteiger partial charge on any atom is 0.322 e. The smallest absolute Gasteiger partial charge is 0.322 e. The summed E-state index contributed by atoms with van der Waals surface area (Å²) in [6.07, 6.45) is 0.804. The monoisotopic (exact) mass is 482 g/mol. The highest BCUT2D eigenvalue weighted by Gasteiger charge is 2.29. The molecule has 2 rings (SSSR count). The van der Waals surface area contributed by atoms with Crippen molar-refractivity contribution in [2.75, 3.05) is 6.54 Å². The van der Waals surface area contributed by atoms with Crippen molar-refractivity contribution in [3.63, 3.8) is 0 Å². The van der Waals surface area contributed by atoms with E-state index in [0.717, 1.165) is 11.1 Å². The van der Waals surface area contributed by atoms with Crippen molar-refractivity contribution in [2.24, 2.45) is 11.7 Å². The van der Waals surface area contributed by atoms with Crippen LogP contribution in [-0.2, 0) is 32.0 Å². The second kappa shape index (κ2) is 13.9. The molecule has 2 aromatic rings. The highest BCUT2D eigenvalue weighted by Crippen LogP contribution is 2.09. The molecule has 0 spiro atoms. The molecule has 0 aliphatic rings. The number of aliphatic carboxylic acids is 1. The Morgan fingerprint density at radius 1 is 0.771 bits per heavy atom. The van der Waals surface area contributed by atoms with E-state index in [1.54, 1.807) is 0 Å². The molecule has 9 heteroatoms. The Balaban J connectivity index is 2.15. The Hall–Kier alpha value is -3.72. The number of carbonyl (C=O) groups excluding carboxylic acids is 3. The van der Waals surface area contributed by atoms with Crippen LogP contribution < -0.4 is 21.7 Å². The molecule has 6 N–H and O–H groups in total. The Morgan fingerprint density at radius 3 is 1.80 bits per heavy atom. The third-order valence-electron chi connectivity index (χ3n) is 5.30.